The molecule has 1 amide bonds. The van der Waals surface area contributed by atoms with Crippen molar-refractivity contribution in [2.75, 3.05) is 0 Å². The molecule has 3 nitrogen and oxygen atoms in total. The van der Waals surface area contributed by atoms with E-state index >= 15 is 0 Å². The van der Waals surface area contributed by atoms with E-state index < -0.39 is 6.61 Å². The Bertz CT molecular complexity index is 654. The molecule has 22 heavy (non-hydrogen) atoms. The molecule has 2 aromatic rings. The smallest absolute Gasteiger partial charge is 0.387 e. The van der Waals surface area contributed by atoms with Crippen molar-refractivity contribution >= 4 is 5.91 Å². The Hall–Kier alpha value is -2.43. The predicted molar refractivity (Wildman–Crippen MR) is 80.2 cm³/mol. The number of alkyl halides is 2. The van der Waals surface area contributed by atoms with Crippen LogP contribution in [-0.4, -0.2) is 12.5 Å². The maximum Gasteiger partial charge on any atom is 0.387 e. The topological polar surface area (TPSA) is 38.3 Å². The summed E-state index contributed by atoms with van der Waals surface area (Å²) in [6.07, 6.45) is 0. The predicted octanol–water partition coefficient (Wildman–Crippen LogP) is 3.83. The van der Waals surface area contributed by atoms with Gasteiger partial charge in [-0.1, -0.05) is 29.8 Å². The van der Waals surface area contributed by atoms with Crippen molar-refractivity contribution in [3.63, 3.8) is 0 Å². The van der Waals surface area contributed by atoms with Gasteiger partial charge in [0.15, 0.2) is 0 Å². The van der Waals surface area contributed by atoms with Gasteiger partial charge in [0.1, 0.15) is 5.75 Å². The molecule has 1 N–H and O–H groups in total. The van der Waals surface area contributed by atoms with E-state index in [0.29, 0.717) is 12.1 Å². The summed E-state index contributed by atoms with van der Waals surface area (Å²) in [6, 6.07) is 11.8. The number of hydrogen-bond donors (Lipinski definition) is 1. The van der Waals surface area contributed by atoms with E-state index in [0.717, 1.165) is 16.7 Å². The minimum Gasteiger partial charge on any atom is -0.435 e. The second kappa shape index (κ2) is 7.02. The van der Waals surface area contributed by atoms with E-state index in [4.69, 9.17) is 0 Å². The Labute approximate surface area is 127 Å². The average molecular weight is 305 g/mol. The minimum absolute atomic E-state index is 0.0967. The first-order valence-electron chi connectivity index (χ1n) is 6.85. The second-order valence-corrected chi connectivity index (χ2v) is 5.02. The summed E-state index contributed by atoms with van der Waals surface area (Å²) in [6.45, 7) is 1.34. The van der Waals surface area contributed by atoms with Crippen LogP contribution < -0.4 is 10.1 Å². The molecule has 0 heterocycles. The van der Waals surface area contributed by atoms with Crippen molar-refractivity contribution in [3.05, 3.63) is 64.7 Å². The zero-order valence-electron chi connectivity index (χ0n) is 12.4. The fourth-order valence-electron chi connectivity index (χ4n) is 2.13. The standard InChI is InChI=1S/C17H17F2NO2/c1-11-3-8-15(12(2)9-11)16(21)20-10-13-4-6-14(7-5-13)22-17(18)19/h3-9,17H,10H2,1-2H3,(H,20,21). The number of rotatable bonds is 5. The summed E-state index contributed by atoms with van der Waals surface area (Å²) in [5, 5.41) is 2.81. The Morgan fingerprint density at radius 2 is 1.82 bits per heavy atom. The van der Waals surface area contributed by atoms with Crippen LogP contribution in [0.5, 0.6) is 5.75 Å². The van der Waals surface area contributed by atoms with Gasteiger partial charge in [0.05, 0.1) is 0 Å². The third kappa shape index (κ3) is 4.28. The van der Waals surface area contributed by atoms with Gasteiger partial charge < -0.3 is 10.1 Å². The molecule has 0 radical (unpaired) electrons. The fourth-order valence-corrected chi connectivity index (χ4v) is 2.13. The molecule has 0 bridgehead atoms. The van der Waals surface area contributed by atoms with Crippen molar-refractivity contribution < 1.29 is 18.3 Å². The molecule has 2 aromatic carbocycles. The highest BCUT2D eigenvalue weighted by atomic mass is 19.3. The van der Waals surface area contributed by atoms with Crippen molar-refractivity contribution in [1.29, 1.82) is 0 Å². The van der Waals surface area contributed by atoms with Gasteiger partial charge in [-0.2, -0.15) is 8.78 Å². The lowest BCUT2D eigenvalue weighted by Gasteiger charge is -2.09. The second-order valence-electron chi connectivity index (χ2n) is 5.02. The molecular weight excluding hydrogens is 288 g/mol. The first kappa shape index (κ1) is 15.9. The van der Waals surface area contributed by atoms with Gasteiger partial charge in [-0.3, -0.25) is 4.79 Å². The van der Waals surface area contributed by atoms with Crippen LogP contribution in [0.3, 0.4) is 0 Å². The SMILES string of the molecule is Cc1ccc(C(=O)NCc2ccc(OC(F)F)cc2)c(C)c1. The van der Waals surface area contributed by atoms with Gasteiger partial charge in [-0.05, 0) is 43.2 Å². The van der Waals surface area contributed by atoms with Gasteiger partial charge >= 0.3 is 6.61 Å². The van der Waals surface area contributed by atoms with Gasteiger partial charge in [0, 0.05) is 12.1 Å². The number of halogens is 2. The van der Waals surface area contributed by atoms with Crippen molar-refractivity contribution in [1.82, 2.24) is 5.32 Å². The van der Waals surface area contributed by atoms with Crippen LogP contribution in [0.15, 0.2) is 42.5 Å². The van der Waals surface area contributed by atoms with Gasteiger partial charge in [0.2, 0.25) is 0 Å². The molecular formula is C17H17F2NO2. The molecule has 0 aliphatic heterocycles. The van der Waals surface area contributed by atoms with Gasteiger partial charge in [-0.25, -0.2) is 0 Å². The van der Waals surface area contributed by atoms with Crippen LogP contribution in [-0.2, 0) is 6.54 Å². The summed E-state index contributed by atoms with van der Waals surface area (Å²) < 4.78 is 28.4. The van der Waals surface area contributed by atoms with Crippen LogP contribution in [0.1, 0.15) is 27.0 Å². The molecule has 0 aromatic heterocycles. The fraction of sp³-hybridized carbons (Fsp3) is 0.235. The lowest BCUT2D eigenvalue weighted by molar-refractivity contribution is -0.0498. The quantitative estimate of drug-likeness (QED) is 0.911. The first-order valence-corrected chi connectivity index (χ1v) is 6.85. The number of aryl methyl sites for hydroxylation is 2. The molecule has 0 fully saturated rings. The highest BCUT2D eigenvalue weighted by Crippen LogP contribution is 2.15. The molecule has 0 saturated carbocycles. The monoisotopic (exact) mass is 305 g/mol. The van der Waals surface area contributed by atoms with E-state index in [9.17, 15) is 13.6 Å². The Morgan fingerprint density at radius 1 is 1.14 bits per heavy atom. The number of carbonyl (C=O) groups is 1. The van der Waals surface area contributed by atoms with Crippen LogP contribution in [0.4, 0.5) is 8.78 Å². The van der Waals surface area contributed by atoms with Crippen LogP contribution in [0, 0.1) is 13.8 Å². The summed E-state index contributed by atoms with van der Waals surface area (Å²) in [7, 11) is 0. The lowest BCUT2D eigenvalue weighted by Crippen LogP contribution is -2.23. The number of ether oxygens (including phenoxy) is 1. The summed E-state index contributed by atoms with van der Waals surface area (Å²) in [5.74, 6) is -0.0649. The van der Waals surface area contributed by atoms with E-state index in [1.165, 1.54) is 12.1 Å². The number of hydrogen-bond acceptors (Lipinski definition) is 2. The van der Waals surface area contributed by atoms with E-state index in [1.807, 2.05) is 26.0 Å². The number of carbonyl (C=O) groups excluding carboxylic acids is 1. The third-order valence-corrected chi connectivity index (χ3v) is 3.23. The zero-order valence-corrected chi connectivity index (χ0v) is 12.4. The normalized spacial score (nSPS) is 10.6. The number of amides is 1. The van der Waals surface area contributed by atoms with E-state index in [-0.39, 0.29) is 11.7 Å². The molecule has 5 heteroatoms. The van der Waals surface area contributed by atoms with Crippen molar-refractivity contribution in [2.24, 2.45) is 0 Å². The molecule has 0 aliphatic carbocycles. The molecule has 0 unspecified atom stereocenters. The highest BCUT2D eigenvalue weighted by molar-refractivity contribution is 5.95. The van der Waals surface area contributed by atoms with Crippen LogP contribution in [0.25, 0.3) is 0 Å². The number of nitrogens with one attached hydrogen (secondary N) is 1. The molecule has 0 spiro atoms. The van der Waals surface area contributed by atoms with E-state index in [2.05, 4.69) is 10.1 Å². The maximum atomic E-state index is 12.1. The summed E-state index contributed by atoms with van der Waals surface area (Å²) in [5.41, 5.74) is 3.45. The molecule has 0 saturated heterocycles. The van der Waals surface area contributed by atoms with Crippen LogP contribution >= 0.6 is 0 Å². The Balaban J connectivity index is 1.96. The number of benzene rings is 2. The van der Waals surface area contributed by atoms with Crippen molar-refractivity contribution in [3.8, 4) is 5.75 Å². The minimum atomic E-state index is -2.84. The maximum absolute atomic E-state index is 12.1. The van der Waals surface area contributed by atoms with Gasteiger partial charge in [-0.15, -0.1) is 0 Å². The molecule has 2 rings (SSSR count). The Kier molecular flexibility index (Phi) is 5.09. The molecule has 0 atom stereocenters. The first-order chi connectivity index (χ1) is 10.5. The van der Waals surface area contributed by atoms with E-state index in [1.54, 1.807) is 18.2 Å². The third-order valence-electron chi connectivity index (χ3n) is 3.23. The zero-order chi connectivity index (χ0) is 16.1. The molecule has 116 valence electrons. The van der Waals surface area contributed by atoms with Crippen molar-refractivity contribution in [2.45, 2.75) is 27.0 Å². The molecule has 0 aliphatic rings. The van der Waals surface area contributed by atoms with Crippen LogP contribution in [0.2, 0.25) is 0 Å². The Morgan fingerprint density at radius 3 is 2.41 bits per heavy atom. The lowest BCUT2D eigenvalue weighted by atomic mass is 10.1. The summed E-state index contributed by atoms with van der Waals surface area (Å²) in [4.78, 5) is 12.1. The van der Waals surface area contributed by atoms with Gasteiger partial charge in [0.25, 0.3) is 5.91 Å². The largest absolute Gasteiger partial charge is 0.435 e. The summed E-state index contributed by atoms with van der Waals surface area (Å²) >= 11 is 0. The highest BCUT2D eigenvalue weighted by Gasteiger charge is 2.09. The average Bonchev–Trinajstić information content (AvgIpc) is 2.45.